The summed E-state index contributed by atoms with van der Waals surface area (Å²) in [5.41, 5.74) is -0.521. The maximum Gasteiger partial charge on any atom is 0.229 e. The molecule has 5 heteroatoms. The van der Waals surface area contributed by atoms with Crippen LogP contribution in [0.4, 0.5) is 0 Å². The van der Waals surface area contributed by atoms with Crippen molar-refractivity contribution in [2.24, 2.45) is 5.41 Å². The van der Waals surface area contributed by atoms with Crippen LogP contribution < -0.4 is 0 Å². The molecule has 0 saturated carbocycles. The Hall–Kier alpha value is -0.770. The second kappa shape index (κ2) is 5.71. The molecule has 2 amide bonds. The SMILES string of the molecule is CC(=O)N1CCCN(C(=O)C(C)(C)CCl)CC1. The van der Waals surface area contributed by atoms with E-state index in [1.54, 1.807) is 11.8 Å². The summed E-state index contributed by atoms with van der Waals surface area (Å²) in [5, 5.41) is 0. The average molecular weight is 261 g/mol. The Kier molecular flexibility index (Phi) is 4.80. The predicted molar refractivity (Wildman–Crippen MR) is 68.0 cm³/mol. The topological polar surface area (TPSA) is 40.6 Å². The minimum Gasteiger partial charge on any atom is -0.341 e. The van der Waals surface area contributed by atoms with E-state index >= 15 is 0 Å². The molecular weight excluding hydrogens is 240 g/mol. The minimum atomic E-state index is -0.521. The molecule has 1 aliphatic rings. The number of nitrogens with zero attached hydrogens (tertiary/aromatic N) is 2. The van der Waals surface area contributed by atoms with Crippen LogP contribution in [0, 0.1) is 5.41 Å². The average Bonchev–Trinajstić information content (AvgIpc) is 2.53. The third-order valence-electron chi connectivity index (χ3n) is 3.14. The van der Waals surface area contributed by atoms with Crippen LogP contribution in [0.25, 0.3) is 0 Å². The molecule has 0 atom stereocenters. The second-order valence-electron chi connectivity index (χ2n) is 5.17. The predicted octanol–water partition coefficient (Wildman–Crippen LogP) is 1.33. The first-order chi connectivity index (χ1) is 7.88. The lowest BCUT2D eigenvalue weighted by molar-refractivity contribution is -0.139. The van der Waals surface area contributed by atoms with Gasteiger partial charge in [-0.05, 0) is 20.3 Å². The summed E-state index contributed by atoms with van der Waals surface area (Å²) in [6.07, 6.45) is 0.837. The van der Waals surface area contributed by atoms with Crippen LogP contribution in [0.2, 0.25) is 0 Å². The van der Waals surface area contributed by atoms with E-state index in [-0.39, 0.29) is 11.8 Å². The molecule has 0 aromatic heterocycles. The van der Waals surface area contributed by atoms with Gasteiger partial charge in [0.15, 0.2) is 0 Å². The summed E-state index contributed by atoms with van der Waals surface area (Å²) in [6.45, 7) is 7.97. The molecule has 0 unspecified atom stereocenters. The van der Waals surface area contributed by atoms with E-state index in [9.17, 15) is 9.59 Å². The molecule has 1 heterocycles. The van der Waals surface area contributed by atoms with Crippen LogP contribution in [0.1, 0.15) is 27.2 Å². The lowest BCUT2D eigenvalue weighted by Gasteiger charge is -2.29. The Morgan fingerprint density at radius 1 is 1.12 bits per heavy atom. The maximum absolute atomic E-state index is 12.2. The highest BCUT2D eigenvalue weighted by Crippen LogP contribution is 2.21. The molecule has 1 rings (SSSR count). The Balaban J connectivity index is 2.63. The van der Waals surface area contributed by atoms with E-state index in [2.05, 4.69) is 0 Å². The van der Waals surface area contributed by atoms with E-state index in [0.29, 0.717) is 25.5 Å². The van der Waals surface area contributed by atoms with Crippen LogP contribution in [0.15, 0.2) is 0 Å². The van der Waals surface area contributed by atoms with Crippen LogP contribution in [-0.4, -0.2) is 53.7 Å². The molecule has 0 radical (unpaired) electrons. The number of carbonyl (C=O) groups is 2. The van der Waals surface area contributed by atoms with Gasteiger partial charge in [-0.25, -0.2) is 0 Å². The molecule has 0 bridgehead atoms. The van der Waals surface area contributed by atoms with Gasteiger partial charge in [0.05, 0.1) is 5.41 Å². The molecule has 17 heavy (non-hydrogen) atoms. The minimum absolute atomic E-state index is 0.0795. The number of amides is 2. The van der Waals surface area contributed by atoms with Gasteiger partial charge in [0.25, 0.3) is 0 Å². The Morgan fingerprint density at radius 3 is 2.18 bits per heavy atom. The van der Waals surface area contributed by atoms with Gasteiger partial charge in [-0.15, -0.1) is 11.6 Å². The number of alkyl halides is 1. The van der Waals surface area contributed by atoms with Gasteiger partial charge >= 0.3 is 0 Å². The van der Waals surface area contributed by atoms with Crippen molar-refractivity contribution in [2.45, 2.75) is 27.2 Å². The van der Waals surface area contributed by atoms with Crippen molar-refractivity contribution in [1.82, 2.24) is 9.80 Å². The monoisotopic (exact) mass is 260 g/mol. The maximum atomic E-state index is 12.2. The molecule has 1 fully saturated rings. The molecule has 0 aromatic carbocycles. The molecule has 0 aromatic rings. The fourth-order valence-corrected chi connectivity index (χ4v) is 2.03. The van der Waals surface area contributed by atoms with E-state index in [4.69, 9.17) is 11.6 Å². The number of halogens is 1. The van der Waals surface area contributed by atoms with E-state index in [0.717, 1.165) is 13.0 Å². The van der Waals surface area contributed by atoms with Gasteiger partial charge in [0.1, 0.15) is 0 Å². The molecule has 0 N–H and O–H groups in total. The quantitative estimate of drug-likeness (QED) is 0.703. The standard InChI is InChI=1S/C12H21ClN2O2/c1-10(16)14-5-4-6-15(8-7-14)11(17)12(2,3)9-13/h4-9H2,1-3H3. The largest absolute Gasteiger partial charge is 0.341 e. The van der Waals surface area contributed by atoms with Gasteiger partial charge < -0.3 is 9.80 Å². The van der Waals surface area contributed by atoms with Crippen LogP contribution in [0.5, 0.6) is 0 Å². The van der Waals surface area contributed by atoms with Crippen molar-refractivity contribution in [2.75, 3.05) is 32.1 Å². The van der Waals surface area contributed by atoms with Crippen LogP contribution >= 0.6 is 11.6 Å². The van der Waals surface area contributed by atoms with E-state index in [1.807, 2.05) is 18.7 Å². The molecule has 1 saturated heterocycles. The summed E-state index contributed by atoms with van der Waals surface area (Å²) in [5.74, 6) is 0.479. The zero-order chi connectivity index (χ0) is 13.1. The lowest BCUT2D eigenvalue weighted by atomic mass is 9.94. The summed E-state index contributed by atoms with van der Waals surface area (Å²) in [6, 6.07) is 0. The molecule has 0 spiro atoms. The van der Waals surface area contributed by atoms with E-state index in [1.165, 1.54) is 0 Å². The van der Waals surface area contributed by atoms with Gasteiger partial charge in [-0.2, -0.15) is 0 Å². The highest BCUT2D eigenvalue weighted by atomic mass is 35.5. The zero-order valence-electron chi connectivity index (χ0n) is 10.8. The fourth-order valence-electron chi connectivity index (χ4n) is 1.92. The van der Waals surface area contributed by atoms with Crippen molar-refractivity contribution in [3.63, 3.8) is 0 Å². The highest BCUT2D eigenvalue weighted by molar-refractivity contribution is 6.19. The Bertz CT molecular complexity index is 305. The first kappa shape index (κ1) is 14.3. The summed E-state index contributed by atoms with van der Waals surface area (Å²) < 4.78 is 0. The summed E-state index contributed by atoms with van der Waals surface area (Å²) in [7, 11) is 0. The lowest BCUT2D eigenvalue weighted by Crippen LogP contribution is -2.44. The van der Waals surface area contributed by atoms with Crippen molar-refractivity contribution in [3.8, 4) is 0 Å². The number of rotatable bonds is 2. The molecule has 98 valence electrons. The summed E-state index contributed by atoms with van der Waals surface area (Å²) in [4.78, 5) is 27.1. The first-order valence-corrected chi connectivity index (χ1v) is 6.53. The summed E-state index contributed by atoms with van der Waals surface area (Å²) >= 11 is 5.82. The zero-order valence-corrected chi connectivity index (χ0v) is 11.6. The van der Waals surface area contributed by atoms with Crippen molar-refractivity contribution in [1.29, 1.82) is 0 Å². The fraction of sp³-hybridized carbons (Fsp3) is 0.833. The highest BCUT2D eigenvalue weighted by Gasteiger charge is 2.32. The third kappa shape index (κ3) is 3.60. The Labute approximate surface area is 108 Å². The molecule has 0 aliphatic carbocycles. The molecule has 4 nitrogen and oxygen atoms in total. The van der Waals surface area contributed by atoms with Crippen LogP contribution in [0.3, 0.4) is 0 Å². The third-order valence-corrected chi connectivity index (χ3v) is 3.81. The van der Waals surface area contributed by atoms with Crippen molar-refractivity contribution in [3.05, 3.63) is 0 Å². The Morgan fingerprint density at radius 2 is 1.65 bits per heavy atom. The van der Waals surface area contributed by atoms with Crippen molar-refractivity contribution < 1.29 is 9.59 Å². The van der Waals surface area contributed by atoms with Gasteiger partial charge in [-0.1, -0.05) is 0 Å². The van der Waals surface area contributed by atoms with E-state index < -0.39 is 5.41 Å². The van der Waals surface area contributed by atoms with Gasteiger partial charge in [0.2, 0.25) is 11.8 Å². The smallest absolute Gasteiger partial charge is 0.229 e. The first-order valence-electron chi connectivity index (χ1n) is 5.99. The van der Waals surface area contributed by atoms with Gasteiger partial charge in [-0.3, -0.25) is 9.59 Å². The molecule has 1 aliphatic heterocycles. The number of hydrogen-bond acceptors (Lipinski definition) is 2. The molecular formula is C12H21ClN2O2. The van der Waals surface area contributed by atoms with Crippen molar-refractivity contribution >= 4 is 23.4 Å². The van der Waals surface area contributed by atoms with Crippen LogP contribution in [-0.2, 0) is 9.59 Å². The normalized spacial score (nSPS) is 17.9. The van der Waals surface area contributed by atoms with Gasteiger partial charge in [0, 0.05) is 39.0 Å². The second-order valence-corrected chi connectivity index (χ2v) is 5.44. The number of hydrogen-bond donors (Lipinski definition) is 0. The number of carbonyl (C=O) groups excluding carboxylic acids is 2.